The number of amides is 1. The van der Waals surface area contributed by atoms with Crippen molar-refractivity contribution in [2.75, 3.05) is 26.1 Å². The first-order chi connectivity index (χ1) is 21.1. The molecule has 1 amide bonds. The van der Waals surface area contributed by atoms with Crippen LogP contribution in [0.15, 0.2) is 23.2 Å². The quantitative estimate of drug-likeness (QED) is 0.0966. The van der Waals surface area contributed by atoms with Crippen LogP contribution in [0.4, 0.5) is 0 Å². The van der Waals surface area contributed by atoms with Crippen LogP contribution in [-0.4, -0.2) is 72.7 Å². The fourth-order valence-electron chi connectivity index (χ4n) is 4.58. The lowest BCUT2D eigenvalue weighted by molar-refractivity contribution is -0.122. The zero-order valence-corrected chi connectivity index (χ0v) is 30.0. The number of aryl methyl sites for hydroxylation is 1. The summed E-state index contributed by atoms with van der Waals surface area (Å²) in [6, 6.07) is 1.25. The smallest absolute Gasteiger partial charge is 0.339 e. The molecule has 252 valence electrons. The van der Waals surface area contributed by atoms with Gasteiger partial charge in [-0.05, 0) is 50.7 Å². The zero-order chi connectivity index (χ0) is 33.9. The Labute approximate surface area is 272 Å². The largest absolute Gasteiger partial charge is 0.543 e. The predicted octanol–water partition coefficient (Wildman–Crippen LogP) is 5.67. The number of nitrogens with zero attached hydrogens (tertiary/aromatic N) is 2. The van der Waals surface area contributed by atoms with Crippen LogP contribution in [0.2, 0.25) is 18.1 Å². The Balaban J connectivity index is 2.46. The van der Waals surface area contributed by atoms with Crippen LogP contribution in [0, 0.1) is 19.8 Å². The average Bonchev–Trinajstić information content (AvgIpc) is 3.42. The molecule has 0 aliphatic carbocycles. The van der Waals surface area contributed by atoms with E-state index in [9.17, 15) is 14.7 Å². The third-order valence-electron chi connectivity index (χ3n) is 8.58. The standard InChI is InChI=1S/C32H51N3O8SSi/c1-11-15-41-31(39)29-21(4)26(40-8)16-27(43-45(9,10)32(6,7)20(2)3)24(29)18-44-19-25(30-33-22(5)35-42-30)34-28(38)14-12-13-23(37)17-36/h11,16,20,23,25,36-37H,1,12-15,17-19H2,2-10H3,(H,34,38). The summed E-state index contributed by atoms with van der Waals surface area (Å²) in [5.41, 5.74) is 1.69. The van der Waals surface area contributed by atoms with Gasteiger partial charge in [0.1, 0.15) is 24.1 Å². The average molecular weight is 666 g/mol. The molecule has 0 bridgehead atoms. The first kappa shape index (κ1) is 38.3. The normalized spacial score (nSPS) is 13.3. The summed E-state index contributed by atoms with van der Waals surface area (Å²) in [4.78, 5) is 30.6. The summed E-state index contributed by atoms with van der Waals surface area (Å²) in [5, 5.41) is 25.4. The number of hydrogen-bond donors (Lipinski definition) is 3. The first-order valence-electron chi connectivity index (χ1n) is 15.2. The highest BCUT2D eigenvalue weighted by Gasteiger charge is 2.45. The number of thioether (sulfide) groups is 1. The molecular formula is C32H51N3O8SSi. The highest BCUT2D eigenvalue weighted by molar-refractivity contribution is 7.98. The Bertz CT molecular complexity index is 1300. The van der Waals surface area contributed by atoms with Crippen molar-refractivity contribution in [2.24, 2.45) is 5.92 Å². The Hall–Kier alpha value is -2.87. The second-order valence-electron chi connectivity index (χ2n) is 12.5. The Kier molecular flexibility index (Phi) is 14.6. The van der Waals surface area contributed by atoms with E-state index >= 15 is 0 Å². The number of nitrogens with one attached hydrogen (secondary N) is 1. The summed E-state index contributed by atoms with van der Waals surface area (Å²) < 4.78 is 23.5. The van der Waals surface area contributed by atoms with Crippen molar-refractivity contribution < 1.29 is 38.2 Å². The molecule has 11 nitrogen and oxygen atoms in total. The van der Waals surface area contributed by atoms with Gasteiger partial charge in [0, 0.05) is 35.1 Å². The monoisotopic (exact) mass is 665 g/mol. The van der Waals surface area contributed by atoms with E-state index in [1.807, 2.05) is 13.0 Å². The number of hydrogen-bond acceptors (Lipinski definition) is 11. The molecule has 0 aliphatic heterocycles. The number of carbonyl (C=O) groups is 2. The molecule has 2 rings (SSSR count). The van der Waals surface area contributed by atoms with Crippen LogP contribution >= 0.6 is 11.8 Å². The van der Waals surface area contributed by atoms with Crippen molar-refractivity contribution in [3.05, 3.63) is 47.1 Å². The highest BCUT2D eigenvalue weighted by atomic mass is 32.2. The van der Waals surface area contributed by atoms with Crippen LogP contribution in [0.25, 0.3) is 0 Å². The van der Waals surface area contributed by atoms with Crippen LogP contribution < -0.4 is 14.5 Å². The van der Waals surface area contributed by atoms with E-state index in [0.717, 1.165) is 0 Å². The lowest BCUT2D eigenvalue weighted by Gasteiger charge is -2.43. The van der Waals surface area contributed by atoms with Crippen molar-refractivity contribution in [3.8, 4) is 11.5 Å². The second kappa shape index (κ2) is 17.2. The molecular weight excluding hydrogens is 615 g/mol. The third kappa shape index (κ3) is 10.3. The Morgan fingerprint density at radius 1 is 1.24 bits per heavy atom. The molecule has 0 spiro atoms. The SMILES string of the molecule is C=CCOC(=O)c1c(C)c(OC)cc(O[Si](C)(C)C(C)(C)C(C)C)c1CSCC(NC(=O)CCCC(O)CO)c1nc(C)no1. The maximum Gasteiger partial charge on any atom is 0.339 e. The van der Waals surface area contributed by atoms with E-state index < -0.39 is 26.4 Å². The van der Waals surface area contributed by atoms with Crippen LogP contribution in [-0.2, 0) is 15.3 Å². The van der Waals surface area contributed by atoms with E-state index in [2.05, 4.69) is 62.8 Å². The van der Waals surface area contributed by atoms with Gasteiger partial charge >= 0.3 is 5.97 Å². The molecule has 1 heterocycles. The molecule has 0 radical (unpaired) electrons. The van der Waals surface area contributed by atoms with Crippen molar-refractivity contribution >= 4 is 32.0 Å². The number of esters is 1. The molecule has 2 atom stereocenters. The fraction of sp³-hybridized carbons (Fsp3) is 0.625. The van der Waals surface area contributed by atoms with E-state index in [1.165, 1.54) is 17.8 Å². The minimum Gasteiger partial charge on any atom is -0.543 e. The van der Waals surface area contributed by atoms with E-state index in [4.69, 9.17) is 23.5 Å². The van der Waals surface area contributed by atoms with Gasteiger partial charge < -0.3 is 34.0 Å². The molecule has 0 aliphatic rings. The van der Waals surface area contributed by atoms with Crippen molar-refractivity contribution in [3.63, 3.8) is 0 Å². The second-order valence-corrected chi connectivity index (χ2v) is 18.0. The molecule has 1 aromatic carbocycles. The summed E-state index contributed by atoms with van der Waals surface area (Å²) in [6.45, 7) is 20.0. The maximum absolute atomic E-state index is 13.5. The van der Waals surface area contributed by atoms with Crippen LogP contribution in [0.1, 0.15) is 86.2 Å². The molecule has 45 heavy (non-hydrogen) atoms. The van der Waals surface area contributed by atoms with E-state index in [1.54, 1.807) is 14.0 Å². The summed E-state index contributed by atoms with van der Waals surface area (Å²) >= 11 is 1.48. The van der Waals surface area contributed by atoms with E-state index in [0.29, 0.717) is 64.3 Å². The number of benzene rings is 1. The number of aromatic nitrogens is 2. The van der Waals surface area contributed by atoms with Gasteiger partial charge in [-0.15, -0.1) is 0 Å². The lowest BCUT2D eigenvalue weighted by atomic mass is 9.99. The fourth-order valence-corrected chi connectivity index (χ4v) is 8.04. The third-order valence-corrected chi connectivity index (χ3v) is 14.1. The number of aliphatic hydroxyl groups is 2. The zero-order valence-electron chi connectivity index (χ0n) is 28.2. The minimum atomic E-state index is -2.42. The minimum absolute atomic E-state index is 0.0544. The van der Waals surface area contributed by atoms with Gasteiger partial charge in [0.25, 0.3) is 8.32 Å². The number of rotatable bonds is 19. The highest BCUT2D eigenvalue weighted by Crippen LogP contribution is 2.47. The predicted molar refractivity (Wildman–Crippen MR) is 178 cm³/mol. The molecule has 1 aromatic heterocycles. The molecule has 13 heteroatoms. The number of ether oxygens (including phenoxy) is 2. The summed E-state index contributed by atoms with van der Waals surface area (Å²) in [5.74, 6) is 2.12. The van der Waals surface area contributed by atoms with Gasteiger partial charge in [0.15, 0.2) is 5.82 Å². The maximum atomic E-state index is 13.5. The molecule has 2 unspecified atom stereocenters. The molecule has 0 fully saturated rings. The van der Waals surface area contributed by atoms with Crippen LogP contribution in [0.5, 0.6) is 11.5 Å². The van der Waals surface area contributed by atoms with Gasteiger partial charge in [0.2, 0.25) is 11.8 Å². The van der Waals surface area contributed by atoms with Crippen molar-refractivity contribution in [1.82, 2.24) is 15.5 Å². The summed E-state index contributed by atoms with van der Waals surface area (Å²) in [7, 11) is -0.856. The topological polar surface area (TPSA) is 153 Å². The lowest BCUT2D eigenvalue weighted by Crippen LogP contribution is -2.48. The van der Waals surface area contributed by atoms with Gasteiger partial charge in [-0.25, -0.2) is 4.79 Å². The van der Waals surface area contributed by atoms with Gasteiger partial charge in [-0.2, -0.15) is 16.7 Å². The number of methoxy groups -OCH3 is 1. The van der Waals surface area contributed by atoms with Crippen LogP contribution in [0.3, 0.4) is 0 Å². The molecule has 2 aromatic rings. The Morgan fingerprint density at radius 3 is 2.49 bits per heavy atom. The molecule has 0 saturated heterocycles. The summed E-state index contributed by atoms with van der Waals surface area (Å²) in [6.07, 6.45) is 1.53. The van der Waals surface area contributed by atoms with Gasteiger partial charge in [0.05, 0.1) is 25.4 Å². The van der Waals surface area contributed by atoms with E-state index in [-0.39, 0.29) is 36.5 Å². The van der Waals surface area contributed by atoms with Gasteiger partial charge in [-0.1, -0.05) is 45.5 Å². The molecule has 3 N–H and O–H groups in total. The van der Waals surface area contributed by atoms with Crippen molar-refractivity contribution in [2.45, 2.75) is 96.8 Å². The first-order valence-corrected chi connectivity index (χ1v) is 19.3. The molecule has 0 saturated carbocycles. The number of aliphatic hydroxyl groups excluding tert-OH is 2. The van der Waals surface area contributed by atoms with Crippen molar-refractivity contribution in [1.29, 1.82) is 0 Å². The number of carbonyl (C=O) groups excluding carboxylic acids is 2. The van der Waals surface area contributed by atoms with Gasteiger partial charge in [-0.3, -0.25) is 4.79 Å². The Morgan fingerprint density at radius 2 is 1.93 bits per heavy atom.